The van der Waals surface area contributed by atoms with Gasteiger partial charge in [-0.05, 0) is 50.6 Å². The number of aromatic amines is 1. The van der Waals surface area contributed by atoms with Crippen LogP contribution in [0.25, 0.3) is 22.4 Å². The third kappa shape index (κ3) is 4.11. The predicted molar refractivity (Wildman–Crippen MR) is 123 cm³/mol. The highest BCUT2D eigenvalue weighted by Gasteiger charge is 2.24. The number of H-pyrrole nitrogens is 1. The van der Waals surface area contributed by atoms with Crippen molar-refractivity contribution in [2.24, 2.45) is 0 Å². The summed E-state index contributed by atoms with van der Waals surface area (Å²) in [7, 11) is 0. The molecule has 3 aromatic heterocycles. The minimum atomic E-state index is -0.170. The topological polar surface area (TPSA) is 92.1 Å². The van der Waals surface area contributed by atoms with Gasteiger partial charge in [-0.15, -0.1) is 0 Å². The minimum Gasteiger partial charge on any atom is -0.464 e. The molecule has 162 valence electrons. The van der Waals surface area contributed by atoms with E-state index < -0.39 is 0 Å². The van der Waals surface area contributed by atoms with Gasteiger partial charge in [-0.3, -0.25) is 19.5 Å². The van der Waals surface area contributed by atoms with Gasteiger partial charge in [-0.1, -0.05) is 11.6 Å². The Hall–Kier alpha value is -3.58. The van der Waals surface area contributed by atoms with E-state index in [1.54, 1.807) is 24.7 Å². The van der Waals surface area contributed by atoms with Crippen molar-refractivity contribution in [2.45, 2.75) is 32.2 Å². The van der Waals surface area contributed by atoms with E-state index in [9.17, 15) is 9.59 Å². The molecule has 1 unspecified atom stereocenters. The van der Waals surface area contributed by atoms with Crippen molar-refractivity contribution in [1.29, 1.82) is 0 Å². The van der Waals surface area contributed by atoms with Gasteiger partial charge in [-0.2, -0.15) is 0 Å². The summed E-state index contributed by atoms with van der Waals surface area (Å²) in [5.74, 6) is 0.652. The summed E-state index contributed by atoms with van der Waals surface area (Å²) >= 11 is 0. The maximum absolute atomic E-state index is 13.0. The number of aromatic nitrogens is 3. The van der Waals surface area contributed by atoms with E-state index in [1.165, 1.54) is 0 Å². The van der Waals surface area contributed by atoms with Crippen molar-refractivity contribution < 1.29 is 4.42 Å². The number of piperidine rings is 1. The number of nitrogens with one attached hydrogen (secondary N) is 1. The SMILES string of the molecule is Cc1ccc2occ(CN3CCCC(c4cc(=O)[nH]c(-c5cccnc5)n4)C3)c(=O)c2c1. The van der Waals surface area contributed by atoms with Crippen LogP contribution in [0.5, 0.6) is 0 Å². The molecule has 0 amide bonds. The van der Waals surface area contributed by atoms with Crippen LogP contribution in [0, 0.1) is 6.92 Å². The Morgan fingerprint density at radius 3 is 2.97 bits per heavy atom. The van der Waals surface area contributed by atoms with Gasteiger partial charge >= 0.3 is 0 Å². The summed E-state index contributed by atoms with van der Waals surface area (Å²) in [4.78, 5) is 39.2. The van der Waals surface area contributed by atoms with Gasteiger partial charge in [0.15, 0.2) is 5.43 Å². The van der Waals surface area contributed by atoms with Crippen molar-refractivity contribution in [2.75, 3.05) is 13.1 Å². The maximum atomic E-state index is 13.0. The first-order valence-corrected chi connectivity index (χ1v) is 10.8. The number of aryl methyl sites for hydroxylation is 1. The first-order valence-electron chi connectivity index (χ1n) is 10.8. The van der Waals surface area contributed by atoms with E-state index in [-0.39, 0.29) is 16.9 Å². The van der Waals surface area contributed by atoms with Crippen LogP contribution in [0.2, 0.25) is 0 Å². The smallest absolute Gasteiger partial charge is 0.251 e. The fourth-order valence-electron chi connectivity index (χ4n) is 4.40. The standard InChI is InChI=1S/C25H24N4O3/c1-16-6-7-22-20(10-16)24(31)19(15-32-22)14-29-9-3-5-18(13-29)21-11-23(30)28-25(27-21)17-4-2-8-26-12-17/h2,4,6-8,10-12,15,18H,3,5,9,13-14H2,1H3,(H,27,28,30). The van der Waals surface area contributed by atoms with Gasteiger partial charge in [0.05, 0.1) is 17.3 Å². The van der Waals surface area contributed by atoms with Crippen molar-refractivity contribution in [3.05, 3.63) is 92.5 Å². The van der Waals surface area contributed by atoms with Gasteiger partial charge in [0.1, 0.15) is 11.4 Å². The van der Waals surface area contributed by atoms with Gasteiger partial charge in [0.2, 0.25) is 0 Å². The number of likely N-dealkylation sites (tertiary alicyclic amines) is 1. The summed E-state index contributed by atoms with van der Waals surface area (Å²) in [5.41, 5.74) is 3.70. The third-order valence-corrected chi connectivity index (χ3v) is 6.01. The van der Waals surface area contributed by atoms with Crippen molar-refractivity contribution in [3.8, 4) is 11.4 Å². The lowest BCUT2D eigenvalue weighted by atomic mass is 9.94. The summed E-state index contributed by atoms with van der Waals surface area (Å²) in [5, 5.41) is 0.619. The highest BCUT2D eigenvalue weighted by atomic mass is 16.3. The second kappa shape index (κ2) is 8.51. The molecule has 1 aromatic carbocycles. The maximum Gasteiger partial charge on any atom is 0.251 e. The first kappa shape index (κ1) is 20.3. The van der Waals surface area contributed by atoms with Crippen LogP contribution in [0.15, 0.2) is 69.1 Å². The Morgan fingerprint density at radius 1 is 1.22 bits per heavy atom. The molecule has 4 aromatic rings. The lowest BCUT2D eigenvalue weighted by Crippen LogP contribution is -2.36. The molecule has 32 heavy (non-hydrogen) atoms. The van der Waals surface area contributed by atoms with Crippen LogP contribution in [0.4, 0.5) is 0 Å². The van der Waals surface area contributed by atoms with Crippen LogP contribution in [0.3, 0.4) is 0 Å². The summed E-state index contributed by atoms with van der Waals surface area (Å²) in [6.07, 6.45) is 6.88. The van der Waals surface area contributed by atoms with Crippen LogP contribution in [0.1, 0.15) is 35.6 Å². The van der Waals surface area contributed by atoms with E-state index >= 15 is 0 Å². The molecule has 1 aliphatic rings. The fourth-order valence-corrected chi connectivity index (χ4v) is 4.40. The Labute approximate surface area is 184 Å². The Kier molecular flexibility index (Phi) is 5.41. The molecule has 5 rings (SSSR count). The molecule has 0 spiro atoms. The van der Waals surface area contributed by atoms with Crippen molar-refractivity contribution in [1.82, 2.24) is 19.9 Å². The largest absolute Gasteiger partial charge is 0.464 e. The van der Waals surface area contributed by atoms with Crippen LogP contribution in [-0.2, 0) is 6.54 Å². The molecule has 1 atom stereocenters. The zero-order chi connectivity index (χ0) is 22.1. The third-order valence-electron chi connectivity index (χ3n) is 6.01. The molecule has 0 radical (unpaired) electrons. The summed E-state index contributed by atoms with van der Waals surface area (Å²) in [6.45, 7) is 4.10. The lowest BCUT2D eigenvalue weighted by molar-refractivity contribution is 0.197. The average Bonchev–Trinajstić information content (AvgIpc) is 2.82. The van der Waals surface area contributed by atoms with Gasteiger partial charge in [0.25, 0.3) is 5.56 Å². The number of hydrogen-bond acceptors (Lipinski definition) is 6. The van der Waals surface area contributed by atoms with E-state index in [0.29, 0.717) is 28.9 Å². The number of benzene rings is 1. The zero-order valence-electron chi connectivity index (χ0n) is 17.9. The monoisotopic (exact) mass is 428 g/mol. The number of pyridine rings is 1. The van der Waals surface area contributed by atoms with Gasteiger partial charge < -0.3 is 9.40 Å². The van der Waals surface area contributed by atoms with E-state index in [2.05, 4.69) is 14.9 Å². The van der Waals surface area contributed by atoms with Crippen molar-refractivity contribution >= 4 is 11.0 Å². The van der Waals surface area contributed by atoms with E-state index in [0.717, 1.165) is 42.8 Å². The zero-order valence-corrected chi connectivity index (χ0v) is 17.9. The van der Waals surface area contributed by atoms with Crippen LogP contribution >= 0.6 is 0 Å². The number of rotatable bonds is 4. The Morgan fingerprint density at radius 2 is 2.12 bits per heavy atom. The lowest BCUT2D eigenvalue weighted by Gasteiger charge is -2.32. The molecule has 1 fully saturated rings. The molecule has 1 N–H and O–H groups in total. The molecule has 0 saturated carbocycles. The normalized spacial score (nSPS) is 17.0. The minimum absolute atomic E-state index is 0.0187. The molecule has 7 heteroatoms. The molecular weight excluding hydrogens is 404 g/mol. The molecule has 0 bridgehead atoms. The molecule has 1 aliphatic heterocycles. The summed E-state index contributed by atoms with van der Waals surface area (Å²) < 4.78 is 5.72. The highest BCUT2D eigenvalue weighted by molar-refractivity contribution is 5.77. The molecule has 1 saturated heterocycles. The molecule has 0 aliphatic carbocycles. The number of nitrogens with zero attached hydrogens (tertiary/aromatic N) is 3. The Balaban J connectivity index is 1.39. The van der Waals surface area contributed by atoms with Crippen LogP contribution < -0.4 is 11.0 Å². The number of hydrogen-bond donors (Lipinski definition) is 1. The molecule has 4 heterocycles. The van der Waals surface area contributed by atoms with Gasteiger partial charge in [0, 0.05) is 48.6 Å². The molecular formula is C25H24N4O3. The first-order chi connectivity index (χ1) is 15.6. The Bertz CT molecular complexity index is 1380. The second-order valence-electron chi connectivity index (χ2n) is 8.42. The highest BCUT2D eigenvalue weighted by Crippen LogP contribution is 2.27. The van der Waals surface area contributed by atoms with Crippen molar-refractivity contribution in [3.63, 3.8) is 0 Å². The second-order valence-corrected chi connectivity index (χ2v) is 8.42. The fraction of sp³-hybridized carbons (Fsp3) is 0.280. The summed E-state index contributed by atoms with van der Waals surface area (Å²) in [6, 6.07) is 10.9. The average molecular weight is 428 g/mol. The molecule has 7 nitrogen and oxygen atoms in total. The van der Waals surface area contributed by atoms with Gasteiger partial charge in [-0.25, -0.2) is 4.98 Å². The number of fused-ring (bicyclic) bond motifs is 1. The quantitative estimate of drug-likeness (QED) is 0.534. The van der Waals surface area contributed by atoms with E-state index in [4.69, 9.17) is 9.40 Å². The van der Waals surface area contributed by atoms with Crippen LogP contribution in [-0.4, -0.2) is 32.9 Å². The predicted octanol–water partition coefficient (Wildman–Crippen LogP) is 3.63. The van der Waals surface area contributed by atoms with E-state index in [1.807, 2.05) is 37.3 Å².